The zero-order chi connectivity index (χ0) is 16.4. The number of nitrogens with zero attached hydrogens (tertiary/aromatic N) is 8. The molecular weight excluding hydrogens is 322 g/mol. The van der Waals surface area contributed by atoms with E-state index in [2.05, 4.69) is 45.1 Å². The standard InChI is InChI=1S/C6H3N11O6/c18-16(19)10-5-1(12-22-14-5)3-7-4(9-8-3)2-6(11-17(20)21)15-23-13-2/h(H,10,14)(H,11,15)(H,7,8,9). The summed E-state index contributed by atoms with van der Waals surface area (Å²) in [5.41, 5.74) is 3.20. The predicted molar refractivity (Wildman–Crippen MR) is 64.2 cm³/mol. The van der Waals surface area contributed by atoms with Gasteiger partial charge in [-0.15, -0.1) is 0 Å². The molecule has 0 atom stereocenters. The van der Waals surface area contributed by atoms with Crippen molar-refractivity contribution in [3.63, 3.8) is 0 Å². The van der Waals surface area contributed by atoms with Crippen molar-refractivity contribution >= 4 is 11.6 Å². The number of anilines is 2. The van der Waals surface area contributed by atoms with Crippen molar-refractivity contribution in [2.24, 2.45) is 0 Å². The largest absolute Gasteiger partial charge is 0.264 e. The summed E-state index contributed by atoms with van der Waals surface area (Å²) >= 11 is 0. The highest BCUT2D eigenvalue weighted by molar-refractivity contribution is 5.68. The lowest BCUT2D eigenvalue weighted by atomic mass is 10.4. The molecule has 0 aliphatic heterocycles. The maximum Gasteiger partial charge on any atom is 0.264 e. The van der Waals surface area contributed by atoms with Gasteiger partial charge in [-0.1, -0.05) is 10.9 Å². The lowest BCUT2D eigenvalue weighted by Gasteiger charge is -1.91. The summed E-state index contributed by atoms with van der Waals surface area (Å²) in [4.78, 5) is 24.8. The van der Waals surface area contributed by atoms with Gasteiger partial charge in [0.1, 0.15) is 0 Å². The molecule has 23 heavy (non-hydrogen) atoms. The number of nitrogens with one attached hydrogen (secondary N) is 3. The van der Waals surface area contributed by atoms with E-state index in [0.717, 1.165) is 0 Å². The molecule has 0 amide bonds. The Hall–Kier alpha value is -4.18. The van der Waals surface area contributed by atoms with Gasteiger partial charge in [0.15, 0.2) is 15.9 Å². The van der Waals surface area contributed by atoms with Crippen LogP contribution >= 0.6 is 0 Å². The first-order chi connectivity index (χ1) is 11.0. The second-order valence-corrected chi connectivity index (χ2v) is 3.67. The third-order valence-corrected chi connectivity index (χ3v) is 2.29. The van der Waals surface area contributed by atoms with Crippen molar-refractivity contribution in [3.8, 4) is 23.0 Å². The van der Waals surface area contributed by atoms with Crippen molar-refractivity contribution in [3.05, 3.63) is 20.2 Å². The summed E-state index contributed by atoms with van der Waals surface area (Å²) in [5.74, 6) is -0.858. The van der Waals surface area contributed by atoms with E-state index >= 15 is 0 Å². The van der Waals surface area contributed by atoms with E-state index in [-0.39, 0.29) is 34.7 Å². The van der Waals surface area contributed by atoms with E-state index in [4.69, 9.17) is 0 Å². The molecule has 0 radical (unpaired) electrons. The van der Waals surface area contributed by atoms with E-state index in [1.54, 1.807) is 10.9 Å². The van der Waals surface area contributed by atoms with Crippen molar-refractivity contribution in [2.75, 3.05) is 10.9 Å². The van der Waals surface area contributed by atoms with Crippen molar-refractivity contribution in [1.82, 2.24) is 35.8 Å². The Bertz CT molecular complexity index is 795. The lowest BCUT2D eigenvalue weighted by Crippen LogP contribution is -2.09. The van der Waals surface area contributed by atoms with Gasteiger partial charge in [0, 0.05) is 0 Å². The number of hydrogen-bond acceptors (Lipinski definition) is 12. The van der Waals surface area contributed by atoms with Crippen molar-refractivity contribution < 1.29 is 19.3 Å². The van der Waals surface area contributed by atoms with Crippen molar-refractivity contribution in [1.29, 1.82) is 0 Å². The number of hydrazine groups is 2. The molecule has 3 aromatic rings. The smallest absolute Gasteiger partial charge is 0.257 e. The average Bonchev–Trinajstić information content (AvgIpc) is 3.16. The zero-order valence-corrected chi connectivity index (χ0v) is 10.5. The predicted octanol–water partition coefficient (Wildman–Crippen LogP) is -0.888. The number of nitro groups is 2. The Morgan fingerprint density at radius 1 is 0.913 bits per heavy atom. The normalized spacial score (nSPS) is 10.4. The van der Waals surface area contributed by atoms with Crippen LogP contribution < -0.4 is 10.9 Å². The fourth-order valence-corrected chi connectivity index (χ4v) is 1.47. The van der Waals surface area contributed by atoms with Crippen LogP contribution in [0.2, 0.25) is 0 Å². The van der Waals surface area contributed by atoms with Crippen LogP contribution in [0.4, 0.5) is 11.6 Å². The number of rotatable bonds is 6. The average molecular weight is 325 g/mol. The summed E-state index contributed by atoms with van der Waals surface area (Å²) in [5, 5.41) is 38.7. The van der Waals surface area contributed by atoms with Gasteiger partial charge in [0.05, 0.1) is 0 Å². The second kappa shape index (κ2) is 5.31. The number of aromatic amines is 1. The highest BCUT2D eigenvalue weighted by atomic mass is 16.7. The summed E-state index contributed by atoms with van der Waals surface area (Å²) in [7, 11) is 0. The summed E-state index contributed by atoms with van der Waals surface area (Å²) in [6.07, 6.45) is 0. The highest BCUT2D eigenvalue weighted by Crippen LogP contribution is 2.25. The second-order valence-electron chi connectivity index (χ2n) is 3.67. The summed E-state index contributed by atoms with van der Waals surface area (Å²) in [6, 6.07) is 0. The molecule has 17 heteroatoms. The molecule has 0 saturated carbocycles. The molecule has 0 aliphatic rings. The molecule has 3 N–H and O–H groups in total. The highest BCUT2D eigenvalue weighted by Gasteiger charge is 2.24. The van der Waals surface area contributed by atoms with Gasteiger partial charge in [-0.3, -0.25) is 5.10 Å². The topological polar surface area (TPSA) is 230 Å². The van der Waals surface area contributed by atoms with E-state index in [1.807, 2.05) is 0 Å². The van der Waals surface area contributed by atoms with E-state index in [1.165, 1.54) is 0 Å². The minimum absolute atomic E-state index is 0.0688. The first-order valence-corrected chi connectivity index (χ1v) is 5.45. The first kappa shape index (κ1) is 13.8. The van der Waals surface area contributed by atoms with Gasteiger partial charge in [-0.05, 0) is 20.6 Å². The molecule has 17 nitrogen and oxygen atoms in total. The van der Waals surface area contributed by atoms with Crippen molar-refractivity contribution in [2.45, 2.75) is 0 Å². The third-order valence-electron chi connectivity index (χ3n) is 2.29. The minimum Gasteiger partial charge on any atom is -0.257 e. The Balaban J connectivity index is 1.93. The van der Waals surface area contributed by atoms with Gasteiger partial charge in [0.2, 0.25) is 17.2 Å². The molecule has 0 aliphatic carbocycles. The van der Waals surface area contributed by atoms with E-state index in [9.17, 15) is 20.2 Å². The van der Waals surface area contributed by atoms with Gasteiger partial charge >= 0.3 is 0 Å². The fourth-order valence-electron chi connectivity index (χ4n) is 1.47. The van der Waals surface area contributed by atoms with Crippen LogP contribution in [0.1, 0.15) is 0 Å². The summed E-state index contributed by atoms with van der Waals surface area (Å²) in [6.45, 7) is 0. The van der Waals surface area contributed by atoms with Gasteiger partial charge in [0.25, 0.3) is 11.6 Å². The van der Waals surface area contributed by atoms with E-state index in [0.29, 0.717) is 0 Å². The molecule has 0 bridgehead atoms. The maximum atomic E-state index is 10.4. The molecule has 118 valence electrons. The van der Waals surface area contributed by atoms with Crippen LogP contribution in [0, 0.1) is 20.2 Å². The number of H-pyrrole nitrogens is 1. The lowest BCUT2D eigenvalue weighted by molar-refractivity contribution is -0.445. The minimum atomic E-state index is -0.878. The first-order valence-electron chi connectivity index (χ1n) is 5.45. The van der Waals surface area contributed by atoms with E-state index < -0.39 is 10.1 Å². The quantitative estimate of drug-likeness (QED) is 0.368. The molecule has 0 spiro atoms. The fraction of sp³-hybridized carbons (Fsp3) is 0. The van der Waals surface area contributed by atoms with Gasteiger partial charge < -0.3 is 0 Å². The Morgan fingerprint density at radius 3 is 2.09 bits per heavy atom. The summed E-state index contributed by atoms with van der Waals surface area (Å²) < 4.78 is 8.74. The van der Waals surface area contributed by atoms with Crippen LogP contribution in [0.3, 0.4) is 0 Å². The Labute approximate surface area is 122 Å². The van der Waals surface area contributed by atoms with Gasteiger partial charge in [-0.2, -0.15) is 5.10 Å². The molecule has 0 fully saturated rings. The SMILES string of the molecule is O=[N+]([O-])Nc1nonc1-c1n[nH]c(-c2nonc2N[N+](=O)[O-])n1. The Kier molecular flexibility index (Phi) is 3.18. The monoisotopic (exact) mass is 325 g/mol. The maximum absolute atomic E-state index is 10.4. The molecule has 3 rings (SSSR count). The van der Waals surface area contributed by atoms with Crippen LogP contribution in [0.5, 0.6) is 0 Å². The number of hydrogen-bond donors (Lipinski definition) is 3. The molecule has 0 unspecified atom stereocenters. The molecule has 3 heterocycles. The number of aromatic nitrogens is 7. The van der Waals surface area contributed by atoms with Crippen LogP contribution in [-0.2, 0) is 0 Å². The molecular formula is C6H3N11O6. The van der Waals surface area contributed by atoms with Crippen LogP contribution in [-0.4, -0.2) is 45.9 Å². The molecule has 3 aromatic heterocycles. The molecule has 0 saturated heterocycles. The third kappa shape index (κ3) is 2.68. The van der Waals surface area contributed by atoms with Gasteiger partial charge in [-0.25, -0.2) is 34.5 Å². The molecule has 0 aromatic carbocycles. The van der Waals surface area contributed by atoms with Crippen LogP contribution in [0.15, 0.2) is 9.26 Å². The Morgan fingerprint density at radius 2 is 1.48 bits per heavy atom. The van der Waals surface area contributed by atoms with Crippen LogP contribution in [0.25, 0.3) is 23.0 Å². The zero-order valence-electron chi connectivity index (χ0n) is 10.5.